The number of hydrogen-bond donors (Lipinski definition) is 2. The van der Waals surface area contributed by atoms with Crippen molar-refractivity contribution in [3.05, 3.63) is 29.8 Å². The fourth-order valence-electron chi connectivity index (χ4n) is 2.02. The lowest BCUT2D eigenvalue weighted by atomic mass is 10.2. The third-order valence-corrected chi connectivity index (χ3v) is 3.09. The number of rotatable bonds is 6. The second-order valence-corrected chi connectivity index (χ2v) is 4.69. The van der Waals surface area contributed by atoms with Crippen LogP contribution in [0.15, 0.2) is 29.4 Å². The first-order valence-corrected chi connectivity index (χ1v) is 7.01. The highest BCUT2D eigenvalue weighted by atomic mass is 16.5. The topological polar surface area (TPSA) is 66.1 Å². The molecule has 2 rings (SSSR count). The van der Waals surface area contributed by atoms with Crippen LogP contribution in [0.5, 0.6) is 5.75 Å². The molecular formula is C14H23N5O. The Morgan fingerprint density at radius 1 is 1.35 bits per heavy atom. The lowest BCUT2D eigenvalue weighted by molar-refractivity contribution is 0.279. The Kier molecular flexibility index (Phi) is 5.64. The summed E-state index contributed by atoms with van der Waals surface area (Å²) in [5.74, 6) is 6.76. The van der Waals surface area contributed by atoms with E-state index in [0.717, 1.165) is 37.5 Å². The fourth-order valence-corrected chi connectivity index (χ4v) is 2.02. The SMILES string of the molecule is CCOc1ccc(CN(N)N=CN2CCNCC2)cc1. The Morgan fingerprint density at radius 2 is 2.05 bits per heavy atom. The van der Waals surface area contributed by atoms with Gasteiger partial charge in [0.05, 0.1) is 13.2 Å². The molecule has 0 amide bonds. The van der Waals surface area contributed by atoms with Gasteiger partial charge in [-0.25, -0.2) is 11.0 Å². The Bertz CT molecular complexity index is 414. The van der Waals surface area contributed by atoms with Crippen molar-refractivity contribution in [2.45, 2.75) is 13.5 Å². The highest BCUT2D eigenvalue weighted by Crippen LogP contribution is 2.12. The third-order valence-electron chi connectivity index (χ3n) is 3.09. The van der Waals surface area contributed by atoms with Crippen molar-refractivity contribution >= 4 is 6.34 Å². The average Bonchev–Trinajstić information content (AvgIpc) is 2.49. The summed E-state index contributed by atoms with van der Waals surface area (Å²) in [6.07, 6.45) is 1.81. The van der Waals surface area contributed by atoms with Gasteiger partial charge in [-0.05, 0) is 24.6 Å². The Labute approximate surface area is 120 Å². The molecule has 1 fully saturated rings. The maximum atomic E-state index is 5.88. The van der Waals surface area contributed by atoms with E-state index in [1.807, 2.05) is 37.5 Å². The van der Waals surface area contributed by atoms with Crippen molar-refractivity contribution in [3.63, 3.8) is 0 Å². The van der Waals surface area contributed by atoms with E-state index < -0.39 is 0 Å². The molecule has 0 aliphatic carbocycles. The molecule has 1 aliphatic heterocycles. The van der Waals surface area contributed by atoms with Gasteiger partial charge in [-0.2, -0.15) is 5.10 Å². The van der Waals surface area contributed by atoms with Crippen molar-refractivity contribution in [2.24, 2.45) is 10.9 Å². The van der Waals surface area contributed by atoms with Crippen LogP contribution in [-0.4, -0.2) is 49.1 Å². The van der Waals surface area contributed by atoms with Crippen molar-refractivity contribution in [1.29, 1.82) is 0 Å². The highest BCUT2D eigenvalue weighted by Gasteiger charge is 2.05. The van der Waals surface area contributed by atoms with Gasteiger partial charge in [0.25, 0.3) is 0 Å². The summed E-state index contributed by atoms with van der Waals surface area (Å²) in [6, 6.07) is 7.91. The minimum atomic E-state index is 0.578. The number of nitrogens with zero attached hydrogens (tertiary/aromatic N) is 3. The molecule has 0 bridgehead atoms. The predicted octanol–water partition coefficient (Wildman–Crippen LogP) is 0.610. The number of nitrogens with two attached hydrogens (primary N) is 1. The van der Waals surface area contributed by atoms with Gasteiger partial charge in [-0.15, -0.1) is 0 Å². The van der Waals surface area contributed by atoms with Crippen LogP contribution in [0.3, 0.4) is 0 Å². The molecule has 0 radical (unpaired) electrons. The summed E-state index contributed by atoms with van der Waals surface area (Å²) in [5.41, 5.74) is 1.11. The predicted molar refractivity (Wildman–Crippen MR) is 80.3 cm³/mol. The number of hydrogen-bond acceptors (Lipinski definition) is 5. The van der Waals surface area contributed by atoms with Crippen LogP contribution < -0.4 is 15.9 Å². The van der Waals surface area contributed by atoms with Crippen LogP contribution in [-0.2, 0) is 6.54 Å². The molecule has 0 aromatic heterocycles. The van der Waals surface area contributed by atoms with Gasteiger partial charge < -0.3 is 15.0 Å². The van der Waals surface area contributed by atoms with Gasteiger partial charge in [0.2, 0.25) is 0 Å². The summed E-state index contributed by atoms with van der Waals surface area (Å²) in [4.78, 5) is 2.16. The van der Waals surface area contributed by atoms with E-state index in [1.165, 1.54) is 5.12 Å². The zero-order chi connectivity index (χ0) is 14.2. The second-order valence-electron chi connectivity index (χ2n) is 4.69. The summed E-state index contributed by atoms with van der Waals surface area (Å²) >= 11 is 0. The molecule has 1 saturated heterocycles. The molecule has 0 saturated carbocycles. The Morgan fingerprint density at radius 3 is 2.70 bits per heavy atom. The maximum absolute atomic E-state index is 5.88. The molecule has 3 N–H and O–H groups in total. The zero-order valence-corrected chi connectivity index (χ0v) is 12.0. The van der Waals surface area contributed by atoms with Gasteiger partial charge in [0, 0.05) is 26.2 Å². The average molecular weight is 277 g/mol. The minimum absolute atomic E-state index is 0.578. The van der Waals surface area contributed by atoms with Crippen LogP contribution in [0.4, 0.5) is 0 Å². The van der Waals surface area contributed by atoms with E-state index in [4.69, 9.17) is 10.6 Å². The molecule has 1 heterocycles. The van der Waals surface area contributed by atoms with Gasteiger partial charge >= 0.3 is 0 Å². The fraction of sp³-hybridized carbons (Fsp3) is 0.500. The lowest BCUT2D eigenvalue weighted by Crippen LogP contribution is -2.43. The van der Waals surface area contributed by atoms with Crippen molar-refractivity contribution in [1.82, 2.24) is 15.3 Å². The van der Waals surface area contributed by atoms with E-state index in [0.29, 0.717) is 13.2 Å². The Balaban J connectivity index is 1.80. The van der Waals surface area contributed by atoms with E-state index in [-0.39, 0.29) is 0 Å². The van der Waals surface area contributed by atoms with Gasteiger partial charge in [0.15, 0.2) is 0 Å². The molecule has 6 nitrogen and oxygen atoms in total. The summed E-state index contributed by atoms with van der Waals surface area (Å²) < 4.78 is 5.41. The molecular weight excluding hydrogens is 254 g/mol. The molecule has 0 unspecified atom stereocenters. The van der Waals surface area contributed by atoms with Gasteiger partial charge in [-0.1, -0.05) is 12.1 Å². The standard InChI is InChI=1S/C14H23N5O/c1-2-20-14-5-3-13(4-6-14)11-19(15)17-12-18-9-7-16-8-10-18/h3-6,12,16H,2,7-11,15H2,1H3. The largest absolute Gasteiger partial charge is 0.494 e. The summed E-state index contributed by atoms with van der Waals surface area (Å²) in [6.45, 7) is 7.17. The smallest absolute Gasteiger partial charge is 0.119 e. The molecule has 1 aliphatic rings. The van der Waals surface area contributed by atoms with Crippen LogP contribution >= 0.6 is 0 Å². The monoisotopic (exact) mass is 277 g/mol. The molecule has 1 aromatic rings. The first kappa shape index (κ1) is 14.6. The quantitative estimate of drug-likeness (QED) is 0.345. The van der Waals surface area contributed by atoms with E-state index in [9.17, 15) is 0 Å². The molecule has 0 spiro atoms. The van der Waals surface area contributed by atoms with Crippen LogP contribution in [0.1, 0.15) is 12.5 Å². The van der Waals surface area contributed by atoms with E-state index in [2.05, 4.69) is 15.3 Å². The minimum Gasteiger partial charge on any atom is -0.494 e. The number of benzene rings is 1. The zero-order valence-electron chi connectivity index (χ0n) is 12.0. The molecule has 20 heavy (non-hydrogen) atoms. The van der Waals surface area contributed by atoms with Gasteiger partial charge in [0.1, 0.15) is 12.1 Å². The molecule has 0 atom stereocenters. The molecule has 110 valence electrons. The van der Waals surface area contributed by atoms with Crippen molar-refractivity contribution in [2.75, 3.05) is 32.8 Å². The van der Waals surface area contributed by atoms with Crippen LogP contribution in [0.2, 0.25) is 0 Å². The normalized spacial score (nSPS) is 15.6. The second kappa shape index (κ2) is 7.72. The summed E-state index contributed by atoms with van der Waals surface area (Å²) in [5, 5.41) is 9.01. The first-order chi connectivity index (χ1) is 9.78. The maximum Gasteiger partial charge on any atom is 0.119 e. The lowest BCUT2D eigenvalue weighted by Gasteiger charge is -2.25. The molecule has 6 heteroatoms. The number of hydrazone groups is 1. The number of piperazine rings is 1. The van der Waals surface area contributed by atoms with Crippen molar-refractivity contribution < 1.29 is 4.74 Å². The Hall–Kier alpha value is -1.79. The molecule has 1 aromatic carbocycles. The number of ether oxygens (including phenoxy) is 1. The number of hydrazine groups is 1. The van der Waals surface area contributed by atoms with Crippen LogP contribution in [0, 0.1) is 0 Å². The number of nitrogens with one attached hydrogen (secondary N) is 1. The summed E-state index contributed by atoms with van der Waals surface area (Å²) in [7, 11) is 0. The van der Waals surface area contributed by atoms with E-state index in [1.54, 1.807) is 0 Å². The third kappa shape index (κ3) is 4.71. The van der Waals surface area contributed by atoms with Crippen molar-refractivity contribution in [3.8, 4) is 5.75 Å². The van der Waals surface area contributed by atoms with Gasteiger partial charge in [-0.3, -0.25) is 0 Å². The van der Waals surface area contributed by atoms with E-state index >= 15 is 0 Å². The highest BCUT2D eigenvalue weighted by molar-refractivity contribution is 5.54. The van der Waals surface area contributed by atoms with Crippen LogP contribution in [0.25, 0.3) is 0 Å². The first-order valence-electron chi connectivity index (χ1n) is 7.01.